The number of methoxy groups -OCH3 is 1. The highest BCUT2D eigenvalue weighted by molar-refractivity contribution is 5.89. The van der Waals surface area contributed by atoms with Gasteiger partial charge in [-0.2, -0.15) is 0 Å². The lowest BCUT2D eigenvalue weighted by Gasteiger charge is -2.36. The Morgan fingerprint density at radius 2 is 1.96 bits per heavy atom. The van der Waals surface area contributed by atoms with Crippen LogP contribution in [0.4, 0.5) is 0 Å². The van der Waals surface area contributed by atoms with E-state index in [4.69, 9.17) is 14.2 Å². The van der Waals surface area contributed by atoms with Gasteiger partial charge >= 0.3 is 11.9 Å². The van der Waals surface area contributed by atoms with Crippen molar-refractivity contribution in [3.8, 4) is 0 Å². The first-order valence-electron chi connectivity index (χ1n) is 8.07. The summed E-state index contributed by atoms with van der Waals surface area (Å²) in [6.07, 6.45) is 2.75. The number of carbonyl (C=O) groups is 2. The standard InChI is InChI=1S/C19H24O5/c1-5-23-17(20)12-19(3)11-13(2)10-16(24-19)14-6-8-15(9-7-14)18(21)22-4/h6-9,11,16H,5,10,12H2,1-4H3/t16-,19+/m1/s1. The number of rotatable bonds is 5. The van der Waals surface area contributed by atoms with E-state index in [1.807, 2.05) is 32.1 Å². The molecule has 1 aliphatic rings. The highest BCUT2D eigenvalue weighted by atomic mass is 16.5. The second kappa shape index (κ2) is 7.62. The summed E-state index contributed by atoms with van der Waals surface area (Å²) in [5.74, 6) is -0.639. The van der Waals surface area contributed by atoms with Gasteiger partial charge in [0, 0.05) is 0 Å². The molecule has 5 heteroatoms. The Hall–Kier alpha value is -2.14. The van der Waals surface area contributed by atoms with Crippen molar-refractivity contribution in [3.63, 3.8) is 0 Å². The molecule has 130 valence electrons. The lowest BCUT2D eigenvalue weighted by Crippen LogP contribution is -2.35. The second-order valence-electron chi connectivity index (χ2n) is 6.21. The van der Waals surface area contributed by atoms with Crippen molar-refractivity contribution >= 4 is 11.9 Å². The minimum absolute atomic E-state index is 0.166. The van der Waals surface area contributed by atoms with Crippen molar-refractivity contribution < 1.29 is 23.8 Å². The number of benzene rings is 1. The smallest absolute Gasteiger partial charge is 0.337 e. The van der Waals surface area contributed by atoms with E-state index in [1.165, 1.54) is 7.11 Å². The maximum atomic E-state index is 11.8. The molecule has 5 nitrogen and oxygen atoms in total. The van der Waals surface area contributed by atoms with Crippen LogP contribution >= 0.6 is 0 Å². The van der Waals surface area contributed by atoms with Crippen LogP contribution < -0.4 is 0 Å². The Bertz CT molecular complexity index is 632. The molecule has 1 aromatic rings. The van der Waals surface area contributed by atoms with E-state index in [0.29, 0.717) is 12.2 Å². The molecule has 0 aromatic heterocycles. The van der Waals surface area contributed by atoms with Crippen LogP contribution in [-0.2, 0) is 19.0 Å². The average molecular weight is 332 g/mol. The van der Waals surface area contributed by atoms with E-state index in [-0.39, 0.29) is 24.5 Å². The predicted molar refractivity (Wildman–Crippen MR) is 89.6 cm³/mol. The zero-order valence-electron chi connectivity index (χ0n) is 14.6. The number of hydrogen-bond acceptors (Lipinski definition) is 5. The summed E-state index contributed by atoms with van der Waals surface area (Å²) in [6.45, 7) is 6.06. The minimum atomic E-state index is -0.694. The molecule has 0 amide bonds. The van der Waals surface area contributed by atoms with Gasteiger partial charge in [0.1, 0.15) is 0 Å². The van der Waals surface area contributed by atoms with Crippen molar-refractivity contribution in [2.24, 2.45) is 0 Å². The molecule has 1 aromatic carbocycles. The molecule has 0 saturated carbocycles. The zero-order valence-corrected chi connectivity index (χ0v) is 14.6. The lowest BCUT2D eigenvalue weighted by molar-refractivity contribution is -0.151. The van der Waals surface area contributed by atoms with Crippen LogP contribution in [0.1, 0.15) is 55.6 Å². The number of ether oxygens (including phenoxy) is 3. The SMILES string of the molecule is CCOC(=O)C[C@]1(C)C=C(C)C[C@H](c2ccc(C(=O)OC)cc2)O1. The van der Waals surface area contributed by atoms with Gasteiger partial charge in [0.2, 0.25) is 0 Å². The van der Waals surface area contributed by atoms with Crippen molar-refractivity contribution in [1.82, 2.24) is 0 Å². The maximum absolute atomic E-state index is 11.8. The van der Waals surface area contributed by atoms with Crippen molar-refractivity contribution in [2.45, 2.75) is 45.3 Å². The molecule has 24 heavy (non-hydrogen) atoms. The Morgan fingerprint density at radius 3 is 2.54 bits per heavy atom. The normalized spacial score (nSPS) is 23.3. The topological polar surface area (TPSA) is 61.8 Å². The first-order valence-corrected chi connectivity index (χ1v) is 8.07. The molecule has 0 unspecified atom stereocenters. The van der Waals surface area contributed by atoms with E-state index in [0.717, 1.165) is 17.6 Å². The summed E-state index contributed by atoms with van der Waals surface area (Å²) in [5, 5.41) is 0. The monoisotopic (exact) mass is 332 g/mol. The Labute approximate surface area is 142 Å². The van der Waals surface area contributed by atoms with Crippen LogP contribution in [0, 0.1) is 0 Å². The zero-order chi connectivity index (χ0) is 17.7. The highest BCUT2D eigenvalue weighted by Crippen LogP contribution is 2.38. The van der Waals surface area contributed by atoms with Gasteiger partial charge in [-0.1, -0.05) is 23.8 Å². The van der Waals surface area contributed by atoms with Gasteiger partial charge in [-0.15, -0.1) is 0 Å². The summed E-state index contributed by atoms with van der Waals surface area (Å²) in [4.78, 5) is 23.4. The fourth-order valence-corrected chi connectivity index (χ4v) is 3.00. The quantitative estimate of drug-likeness (QED) is 0.609. The van der Waals surface area contributed by atoms with Gasteiger partial charge in [-0.3, -0.25) is 4.79 Å². The molecule has 2 rings (SSSR count). The van der Waals surface area contributed by atoms with Crippen LogP contribution in [0.3, 0.4) is 0 Å². The van der Waals surface area contributed by atoms with E-state index in [2.05, 4.69) is 0 Å². The number of esters is 2. The third kappa shape index (κ3) is 4.45. The summed E-state index contributed by atoms with van der Waals surface area (Å²) < 4.78 is 15.9. The summed E-state index contributed by atoms with van der Waals surface area (Å²) in [5.41, 5.74) is 1.93. The maximum Gasteiger partial charge on any atom is 0.337 e. The third-order valence-corrected chi connectivity index (χ3v) is 3.97. The van der Waals surface area contributed by atoms with Gasteiger partial charge in [-0.05, 0) is 44.9 Å². The second-order valence-corrected chi connectivity index (χ2v) is 6.21. The van der Waals surface area contributed by atoms with E-state index < -0.39 is 5.60 Å². The molecule has 1 aliphatic heterocycles. The molecule has 0 aliphatic carbocycles. The fraction of sp³-hybridized carbons (Fsp3) is 0.474. The fourth-order valence-electron chi connectivity index (χ4n) is 3.00. The molecular weight excluding hydrogens is 308 g/mol. The van der Waals surface area contributed by atoms with Crippen molar-refractivity contribution in [2.75, 3.05) is 13.7 Å². The molecule has 0 spiro atoms. The lowest BCUT2D eigenvalue weighted by atomic mass is 9.90. The van der Waals surface area contributed by atoms with Crippen LogP contribution in [0.15, 0.2) is 35.9 Å². The Kier molecular flexibility index (Phi) is 5.78. The molecule has 0 N–H and O–H groups in total. The van der Waals surface area contributed by atoms with Crippen molar-refractivity contribution in [3.05, 3.63) is 47.0 Å². The largest absolute Gasteiger partial charge is 0.466 e. The van der Waals surface area contributed by atoms with Crippen LogP contribution in [0.2, 0.25) is 0 Å². The first kappa shape index (κ1) is 18.2. The molecule has 0 fully saturated rings. The third-order valence-electron chi connectivity index (χ3n) is 3.97. The molecule has 2 atom stereocenters. The molecule has 0 bridgehead atoms. The van der Waals surface area contributed by atoms with E-state index >= 15 is 0 Å². The Balaban J connectivity index is 2.16. The Morgan fingerprint density at radius 1 is 1.29 bits per heavy atom. The van der Waals surface area contributed by atoms with Gasteiger partial charge in [0.25, 0.3) is 0 Å². The summed E-state index contributed by atoms with van der Waals surface area (Å²) in [6, 6.07) is 7.17. The molecule has 0 radical (unpaired) electrons. The van der Waals surface area contributed by atoms with Gasteiger partial charge in [0.05, 0.1) is 37.4 Å². The molecule has 0 saturated heterocycles. The number of carbonyl (C=O) groups excluding carboxylic acids is 2. The average Bonchev–Trinajstić information content (AvgIpc) is 2.53. The van der Waals surface area contributed by atoms with Crippen molar-refractivity contribution in [1.29, 1.82) is 0 Å². The summed E-state index contributed by atoms with van der Waals surface area (Å²) >= 11 is 0. The van der Waals surface area contributed by atoms with Crippen LogP contribution in [0.5, 0.6) is 0 Å². The molecular formula is C19H24O5. The van der Waals surface area contributed by atoms with Gasteiger partial charge < -0.3 is 14.2 Å². The minimum Gasteiger partial charge on any atom is -0.466 e. The van der Waals surface area contributed by atoms with E-state index in [9.17, 15) is 9.59 Å². The summed E-state index contributed by atoms with van der Waals surface area (Å²) in [7, 11) is 1.36. The highest BCUT2D eigenvalue weighted by Gasteiger charge is 2.34. The van der Waals surface area contributed by atoms with Crippen LogP contribution in [-0.4, -0.2) is 31.3 Å². The predicted octanol–water partition coefficient (Wildman–Crippen LogP) is 3.59. The first-order chi connectivity index (χ1) is 11.4. The number of hydrogen-bond donors (Lipinski definition) is 0. The van der Waals surface area contributed by atoms with Gasteiger partial charge in [-0.25, -0.2) is 4.79 Å². The van der Waals surface area contributed by atoms with Crippen LogP contribution in [0.25, 0.3) is 0 Å². The molecule has 1 heterocycles. The van der Waals surface area contributed by atoms with Gasteiger partial charge in [0.15, 0.2) is 0 Å². The van der Waals surface area contributed by atoms with E-state index in [1.54, 1.807) is 19.1 Å².